The Morgan fingerprint density at radius 3 is 2.50 bits per heavy atom. The molecule has 0 aromatic rings. The largest absolute Gasteiger partial charge is 0.200 e. The number of alkyl halides is 1. The van der Waals surface area contributed by atoms with Gasteiger partial charge in [0.2, 0.25) is 0 Å². The lowest BCUT2D eigenvalue weighted by atomic mass is 10.3. The molecule has 0 rings (SSSR count). The van der Waals surface area contributed by atoms with Gasteiger partial charge in [0.15, 0.2) is 5.83 Å². The van der Waals surface area contributed by atoms with Crippen molar-refractivity contribution in [2.75, 3.05) is 5.88 Å². The van der Waals surface area contributed by atoms with E-state index in [2.05, 4.69) is 0 Å². The molecule has 0 N–H and O–H groups in total. The maximum absolute atomic E-state index is 12.0. The van der Waals surface area contributed by atoms with E-state index in [0.717, 1.165) is 0 Å². The van der Waals surface area contributed by atoms with Crippen LogP contribution in [0.2, 0.25) is 0 Å². The summed E-state index contributed by atoms with van der Waals surface area (Å²) in [6.07, 6.45) is 0. The lowest BCUT2D eigenvalue weighted by Gasteiger charge is -1.86. The van der Waals surface area contributed by atoms with Gasteiger partial charge in [-0.15, -0.1) is 11.6 Å². The molecule has 8 heavy (non-hydrogen) atoms. The van der Waals surface area contributed by atoms with Gasteiger partial charge in [-0.3, -0.25) is 0 Å². The van der Waals surface area contributed by atoms with Crippen LogP contribution in [0, 0.1) is 11.3 Å². The fourth-order valence-electron chi connectivity index (χ4n) is 0.154. The summed E-state index contributed by atoms with van der Waals surface area (Å²) in [6.45, 7) is 1.48. The average Bonchev–Trinajstić information content (AvgIpc) is 1.84. The lowest BCUT2D eigenvalue weighted by Crippen LogP contribution is -1.79. The molecule has 0 bridgehead atoms. The molecule has 0 saturated carbocycles. The minimum absolute atomic E-state index is 0.0827. The molecule has 0 unspecified atom stereocenters. The van der Waals surface area contributed by atoms with Gasteiger partial charge in [-0.2, -0.15) is 9.65 Å². The van der Waals surface area contributed by atoms with Crippen LogP contribution in [0.4, 0.5) is 4.39 Å². The van der Waals surface area contributed by atoms with E-state index in [1.807, 2.05) is 0 Å². The van der Waals surface area contributed by atoms with E-state index in [-0.39, 0.29) is 11.5 Å². The fourth-order valence-corrected chi connectivity index (χ4v) is 0.271. The Labute approximate surface area is 52.4 Å². The van der Waals surface area contributed by atoms with Crippen molar-refractivity contribution in [1.29, 1.82) is 5.26 Å². The zero-order valence-corrected chi connectivity index (χ0v) is 5.17. The Morgan fingerprint density at radius 2 is 2.38 bits per heavy atom. The van der Waals surface area contributed by atoms with E-state index in [0.29, 0.717) is 0 Å². The van der Waals surface area contributed by atoms with Crippen LogP contribution in [0.1, 0.15) is 6.92 Å². The van der Waals surface area contributed by atoms with Crippen molar-refractivity contribution in [3.05, 3.63) is 11.4 Å². The van der Waals surface area contributed by atoms with Gasteiger partial charge in [-0.05, 0) is 12.5 Å². The minimum Gasteiger partial charge on any atom is -0.195 e. The van der Waals surface area contributed by atoms with E-state index >= 15 is 0 Å². The maximum Gasteiger partial charge on any atom is 0.200 e. The summed E-state index contributed by atoms with van der Waals surface area (Å²) < 4.78 is 12.0. The van der Waals surface area contributed by atoms with Gasteiger partial charge < -0.3 is 0 Å². The second-order valence-electron chi connectivity index (χ2n) is 1.34. The predicted octanol–water partition coefficient (Wildman–Crippen LogP) is 1.99. The standard InChI is InChI=1S/C5H5ClFN/c1-4(2-6)5(7)3-8/h2H2,1H3/b5-4-. The first-order chi connectivity index (χ1) is 3.72. The summed E-state index contributed by atoms with van der Waals surface area (Å²) in [6, 6.07) is 1.34. The van der Waals surface area contributed by atoms with Crippen molar-refractivity contribution in [3.8, 4) is 6.07 Å². The molecule has 0 spiro atoms. The van der Waals surface area contributed by atoms with Gasteiger partial charge in [0, 0.05) is 5.88 Å². The summed E-state index contributed by atoms with van der Waals surface area (Å²) in [7, 11) is 0. The second-order valence-corrected chi connectivity index (χ2v) is 1.61. The van der Waals surface area contributed by atoms with Gasteiger partial charge in [0.05, 0.1) is 0 Å². The average molecular weight is 134 g/mol. The number of nitrogens with zero attached hydrogens (tertiary/aromatic N) is 1. The molecule has 0 heterocycles. The van der Waals surface area contributed by atoms with Gasteiger partial charge in [-0.25, -0.2) is 0 Å². The summed E-state index contributed by atoms with van der Waals surface area (Å²) in [4.78, 5) is 0. The topological polar surface area (TPSA) is 23.8 Å². The Morgan fingerprint density at radius 1 is 1.88 bits per heavy atom. The molecule has 0 saturated heterocycles. The number of allylic oxidation sites excluding steroid dienone is 2. The number of rotatable bonds is 1. The first-order valence-corrected chi connectivity index (χ1v) is 2.57. The monoisotopic (exact) mass is 133 g/mol. The SMILES string of the molecule is C/C(CCl)=C(/F)C#N. The van der Waals surface area contributed by atoms with Crippen LogP contribution in [0.15, 0.2) is 11.4 Å². The van der Waals surface area contributed by atoms with Gasteiger partial charge in [-0.1, -0.05) is 0 Å². The zero-order valence-electron chi connectivity index (χ0n) is 4.41. The third kappa shape index (κ3) is 1.94. The molecular formula is C5H5ClFN. The molecule has 0 radical (unpaired) electrons. The van der Waals surface area contributed by atoms with Crippen molar-refractivity contribution in [2.45, 2.75) is 6.92 Å². The normalized spacial score (nSPS) is 12.2. The van der Waals surface area contributed by atoms with Crippen LogP contribution < -0.4 is 0 Å². The highest BCUT2D eigenvalue weighted by Crippen LogP contribution is 2.04. The molecule has 0 aromatic heterocycles. The highest BCUT2D eigenvalue weighted by molar-refractivity contribution is 6.19. The smallest absolute Gasteiger partial charge is 0.195 e. The molecule has 0 aliphatic rings. The van der Waals surface area contributed by atoms with E-state index in [4.69, 9.17) is 16.9 Å². The third-order valence-electron chi connectivity index (χ3n) is 0.673. The molecule has 0 fully saturated rings. The Balaban J connectivity index is 4.10. The van der Waals surface area contributed by atoms with Crippen molar-refractivity contribution in [1.82, 2.24) is 0 Å². The van der Waals surface area contributed by atoms with Crippen LogP contribution in [0.3, 0.4) is 0 Å². The number of hydrogen-bond donors (Lipinski definition) is 0. The van der Waals surface area contributed by atoms with E-state index < -0.39 is 5.83 Å². The van der Waals surface area contributed by atoms with Crippen LogP contribution in [-0.4, -0.2) is 5.88 Å². The predicted molar refractivity (Wildman–Crippen MR) is 30.1 cm³/mol. The van der Waals surface area contributed by atoms with Crippen molar-refractivity contribution >= 4 is 11.6 Å². The zero-order chi connectivity index (χ0) is 6.57. The van der Waals surface area contributed by atoms with Crippen molar-refractivity contribution in [2.24, 2.45) is 0 Å². The molecule has 0 aliphatic heterocycles. The summed E-state index contributed by atoms with van der Waals surface area (Å²) in [5.41, 5.74) is 0.286. The van der Waals surface area contributed by atoms with Crippen molar-refractivity contribution < 1.29 is 4.39 Å². The maximum atomic E-state index is 12.0. The van der Waals surface area contributed by atoms with E-state index in [1.54, 1.807) is 0 Å². The molecule has 0 aromatic carbocycles. The Kier molecular flexibility index (Phi) is 3.21. The molecule has 44 valence electrons. The van der Waals surface area contributed by atoms with Gasteiger partial charge >= 0.3 is 0 Å². The molecule has 0 aliphatic carbocycles. The highest BCUT2D eigenvalue weighted by atomic mass is 35.5. The van der Waals surface area contributed by atoms with Gasteiger partial charge in [0.1, 0.15) is 6.07 Å². The molecule has 3 heteroatoms. The van der Waals surface area contributed by atoms with Crippen LogP contribution >= 0.6 is 11.6 Å². The number of nitriles is 1. The van der Waals surface area contributed by atoms with Gasteiger partial charge in [0.25, 0.3) is 0 Å². The van der Waals surface area contributed by atoms with Crippen LogP contribution in [-0.2, 0) is 0 Å². The van der Waals surface area contributed by atoms with E-state index in [1.165, 1.54) is 13.0 Å². The Bertz CT molecular complexity index is 145. The molecule has 0 atom stereocenters. The molecule has 1 nitrogen and oxygen atoms in total. The highest BCUT2D eigenvalue weighted by Gasteiger charge is 1.95. The second kappa shape index (κ2) is 3.45. The minimum atomic E-state index is -0.778. The lowest BCUT2D eigenvalue weighted by molar-refractivity contribution is 0.660. The summed E-state index contributed by atoms with van der Waals surface area (Å²) in [5, 5.41) is 7.89. The van der Waals surface area contributed by atoms with Crippen LogP contribution in [0.25, 0.3) is 0 Å². The Hall–Kier alpha value is -0.550. The summed E-state index contributed by atoms with van der Waals surface area (Å²) >= 11 is 5.18. The fraction of sp³-hybridized carbons (Fsp3) is 0.400. The quantitative estimate of drug-likeness (QED) is 0.397. The van der Waals surface area contributed by atoms with Crippen molar-refractivity contribution in [3.63, 3.8) is 0 Å². The third-order valence-corrected chi connectivity index (χ3v) is 1.07. The molecule has 0 amide bonds. The van der Waals surface area contributed by atoms with Crippen LogP contribution in [0.5, 0.6) is 0 Å². The molecular weight excluding hydrogens is 129 g/mol. The number of hydrogen-bond acceptors (Lipinski definition) is 1. The summed E-state index contributed by atoms with van der Waals surface area (Å²) in [5.74, 6) is -0.695. The van der Waals surface area contributed by atoms with E-state index in [9.17, 15) is 4.39 Å². The first kappa shape index (κ1) is 7.45. The number of halogens is 2. The first-order valence-electron chi connectivity index (χ1n) is 2.03.